The number of hydrogen-bond acceptors (Lipinski definition) is 6. The molecule has 0 radical (unpaired) electrons. The summed E-state index contributed by atoms with van der Waals surface area (Å²) in [5.74, 6) is -0.764. The molecule has 1 N–H and O–H groups in total. The first-order chi connectivity index (χ1) is 13.3. The lowest BCUT2D eigenvalue weighted by atomic mass is 10.1. The Labute approximate surface area is 167 Å². The molecule has 1 fully saturated rings. The van der Waals surface area contributed by atoms with E-state index in [1.54, 1.807) is 30.2 Å². The van der Waals surface area contributed by atoms with Crippen LogP contribution in [0.25, 0.3) is 0 Å². The molecule has 1 aliphatic heterocycles. The van der Waals surface area contributed by atoms with E-state index >= 15 is 0 Å². The zero-order chi connectivity index (χ0) is 20.4. The van der Waals surface area contributed by atoms with Gasteiger partial charge in [-0.3, -0.25) is 9.59 Å². The molecule has 0 spiro atoms. The molecule has 1 unspecified atom stereocenters. The fourth-order valence-electron chi connectivity index (χ4n) is 3.19. The van der Waals surface area contributed by atoms with Crippen molar-refractivity contribution in [3.8, 4) is 5.75 Å². The number of aryl methyl sites for hydroxylation is 1. The Kier molecular flexibility index (Phi) is 5.69. The number of amides is 2. The van der Waals surface area contributed by atoms with Crippen molar-refractivity contribution in [2.45, 2.75) is 20.3 Å². The second-order valence-corrected chi connectivity index (χ2v) is 7.80. The van der Waals surface area contributed by atoms with Crippen LogP contribution in [0.3, 0.4) is 0 Å². The number of nitrogens with one attached hydrogen (secondary N) is 1. The normalized spacial score (nSPS) is 16.2. The van der Waals surface area contributed by atoms with Crippen molar-refractivity contribution in [3.63, 3.8) is 0 Å². The summed E-state index contributed by atoms with van der Waals surface area (Å²) in [6.45, 7) is 3.97. The third-order valence-electron chi connectivity index (χ3n) is 4.87. The van der Waals surface area contributed by atoms with Gasteiger partial charge in [-0.25, -0.2) is 4.79 Å². The number of nitrogens with zero attached hydrogens (tertiary/aromatic N) is 1. The Morgan fingerprint density at radius 1 is 1.25 bits per heavy atom. The molecule has 2 aromatic rings. The second-order valence-electron chi connectivity index (χ2n) is 6.58. The van der Waals surface area contributed by atoms with Crippen LogP contribution in [0.1, 0.15) is 27.2 Å². The van der Waals surface area contributed by atoms with Gasteiger partial charge < -0.3 is 19.7 Å². The van der Waals surface area contributed by atoms with E-state index in [4.69, 9.17) is 9.47 Å². The summed E-state index contributed by atoms with van der Waals surface area (Å²) in [7, 11) is 2.87. The molecule has 2 heterocycles. The van der Waals surface area contributed by atoms with Crippen LogP contribution < -0.4 is 15.0 Å². The number of anilines is 2. The van der Waals surface area contributed by atoms with E-state index in [1.807, 2.05) is 19.9 Å². The maximum absolute atomic E-state index is 12.8. The van der Waals surface area contributed by atoms with Crippen LogP contribution in [0.2, 0.25) is 0 Å². The van der Waals surface area contributed by atoms with Crippen LogP contribution in [-0.2, 0) is 14.3 Å². The topological polar surface area (TPSA) is 84.9 Å². The highest BCUT2D eigenvalue weighted by Crippen LogP contribution is 2.34. The maximum atomic E-state index is 12.8. The zero-order valence-corrected chi connectivity index (χ0v) is 17.0. The summed E-state index contributed by atoms with van der Waals surface area (Å²) < 4.78 is 10.0. The fraction of sp³-hybridized carbons (Fsp3) is 0.350. The van der Waals surface area contributed by atoms with Gasteiger partial charge in [-0.05, 0) is 31.5 Å². The maximum Gasteiger partial charge on any atom is 0.341 e. The molecule has 1 atom stereocenters. The van der Waals surface area contributed by atoms with Crippen molar-refractivity contribution in [2.75, 3.05) is 31.0 Å². The van der Waals surface area contributed by atoms with Crippen LogP contribution in [0, 0.1) is 19.8 Å². The van der Waals surface area contributed by atoms with Gasteiger partial charge >= 0.3 is 5.97 Å². The van der Waals surface area contributed by atoms with Gasteiger partial charge in [-0.15, -0.1) is 11.3 Å². The molecule has 148 valence electrons. The lowest BCUT2D eigenvalue weighted by Gasteiger charge is -2.17. The summed E-state index contributed by atoms with van der Waals surface area (Å²) in [5.41, 5.74) is 1.85. The monoisotopic (exact) mass is 402 g/mol. The molecular weight excluding hydrogens is 380 g/mol. The summed E-state index contributed by atoms with van der Waals surface area (Å²) in [6.07, 6.45) is 0.111. The van der Waals surface area contributed by atoms with Crippen LogP contribution in [-0.4, -0.2) is 38.5 Å². The zero-order valence-electron chi connectivity index (χ0n) is 16.2. The average Bonchev–Trinajstić information content (AvgIpc) is 3.21. The molecule has 28 heavy (non-hydrogen) atoms. The molecule has 0 aliphatic carbocycles. The molecule has 1 aromatic heterocycles. The van der Waals surface area contributed by atoms with Crippen molar-refractivity contribution in [1.82, 2.24) is 0 Å². The number of carbonyl (C=O) groups excluding carboxylic acids is 3. The second kappa shape index (κ2) is 8.02. The first-order valence-corrected chi connectivity index (χ1v) is 9.61. The summed E-state index contributed by atoms with van der Waals surface area (Å²) in [6, 6.07) is 7.17. The van der Waals surface area contributed by atoms with Gasteiger partial charge in [0, 0.05) is 29.6 Å². The molecule has 3 rings (SSSR count). The van der Waals surface area contributed by atoms with Crippen LogP contribution in [0.5, 0.6) is 5.75 Å². The predicted octanol–water partition coefficient (Wildman–Crippen LogP) is 3.15. The number of esters is 1. The van der Waals surface area contributed by atoms with Crippen LogP contribution >= 0.6 is 11.3 Å². The average molecular weight is 402 g/mol. The standard InChI is InChI=1S/C20H22N2O5S/c1-11-12(2)28-19(17(11)20(25)27-4)21-18(24)13-8-16(23)22(10-13)14-6-5-7-15(9-14)26-3/h5-7,9,13H,8,10H2,1-4H3,(H,21,24). The van der Waals surface area contributed by atoms with Crippen molar-refractivity contribution in [1.29, 1.82) is 0 Å². The molecule has 1 aliphatic rings. The van der Waals surface area contributed by atoms with Crippen molar-refractivity contribution in [2.24, 2.45) is 5.92 Å². The highest BCUT2D eigenvalue weighted by atomic mass is 32.1. The molecule has 0 bridgehead atoms. The molecule has 0 saturated carbocycles. The van der Waals surface area contributed by atoms with Gasteiger partial charge in [0.1, 0.15) is 10.8 Å². The lowest BCUT2D eigenvalue weighted by molar-refractivity contribution is -0.122. The molecule has 2 amide bonds. The smallest absolute Gasteiger partial charge is 0.341 e. The molecule has 7 nitrogen and oxygen atoms in total. The van der Waals surface area contributed by atoms with Crippen molar-refractivity contribution >= 4 is 39.8 Å². The number of hydrogen-bond donors (Lipinski definition) is 1. The predicted molar refractivity (Wildman–Crippen MR) is 107 cm³/mol. The highest BCUT2D eigenvalue weighted by Gasteiger charge is 2.36. The number of thiophene rings is 1. The third-order valence-corrected chi connectivity index (χ3v) is 6.00. The van der Waals surface area contributed by atoms with E-state index in [9.17, 15) is 14.4 Å². The summed E-state index contributed by atoms with van der Waals surface area (Å²) >= 11 is 1.33. The molecule has 1 saturated heterocycles. The largest absolute Gasteiger partial charge is 0.497 e. The molecule has 8 heteroatoms. The van der Waals surface area contributed by atoms with Gasteiger partial charge in [-0.1, -0.05) is 6.07 Å². The number of benzene rings is 1. The van der Waals surface area contributed by atoms with Crippen molar-refractivity contribution in [3.05, 3.63) is 40.3 Å². The van der Waals surface area contributed by atoms with Gasteiger partial charge in [0.25, 0.3) is 0 Å². The SMILES string of the molecule is COC(=O)c1c(NC(=O)C2CC(=O)N(c3cccc(OC)c3)C2)sc(C)c1C. The highest BCUT2D eigenvalue weighted by molar-refractivity contribution is 7.16. The van der Waals surface area contributed by atoms with Gasteiger partial charge in [0.15, 0.2) is 0 Å². The quantitative estimate of drug-likeness (QED) is 0.777. The lowest BCUT2D eigenvalue weighted by Crippen LogP contribution is -2.28. The Hall–Kier alpha value is -2.87. The minimum Gasteiger partial charge on any atom is -0.497 e. The van der Waals surface area contributed by atoms with E-state index in [1.165, 1.54) is 18.4 Å². The van der Waals surface area contributed by atoms with Crippen LogP contribution in [0.4, 0.5) is 10.7 Å². The van der Waals surface area contributed by atoms with Gasteiger partial charge in [-0.2, -0.15) is 0 Å². The minimum absolute atomic E-state index is 0.111. The van der Waals surface area contributed by atoms with E-state index in [2.05, 4.69) is 5.32 Å². The summed E-state index contributed by atoms with van der Waals surface area (Å²) in [5, 5.41) is 3.28. The van der Waals surface area contributed by atoms with E-state index < -0.39 is 11.9 Å². The van der Waals surface area contributed by atoms with Gasteiger partial charge in [0.2, 0.25) is 11.8 Å². The van der Waals surface area contributed by atoms with Gasteiger partial charge in [0.05, 0.1) is 25.7 Å². The molecule has 1 aromatic carbocycles. The Balaban J connectivity index is 1.77. The number of carbonyl (C=O) groups is 3. The minimum atomic E-state index is -0.507. The van der Waals surface area contributed by atoms with E-state index in [0.717, 1.165) is 10.4 Å². The van der Waals surface area contributed by atoms with Crippen molar-refractivity contribution < 1.29 is 23.9 Å². The number of rotatable bonds is 5. The van der Waals surface area contributed by atoms with Crippen LogP contribution in [0.15, 0.2) is 24.3 Å². The van der Waals surface area contributed by atoms with E-state index in [0.29, 0.717) is 22.0 Å². The molecular formula is C20H22N2O5S. The first kappa shape index (κ1) is 19.9. The first-order valence-electron chi connectivity index (χ1n) is 8.79. The number of methoxy groups -OCH3 is 2. The number of ether oxygens (including phenoxy) is 2. The third kappa shape index (κ3) is 3.73. The Morgan fingerprint density at radius 2 is 2.00 bits per heavy atom. The van der Waals surface area contributed by atoms with E-state index in [-0.39, 0.29) is 24.8 Å². The Morgan fingerprint density at radius 3 is 2.68 bits per heavy atom. The fourth-order valence-corrected chi connectivity index (χ4v) is 4.24. The Bertz CT molecular complexity index is 937. The summed E-state index contributed by atoms with van der Waals surface area (Å²) in [4.78, 5) is 39.8.